The van der Waals surface area contributed by atoms with E-state index in [1.54, 1.807) is 4.90 Å². The van der Waals surface area contributed by atoms with Crippen LogP contribution in [-0.2, 0) is 25.7 Å². The normalized spacial score (nSPS) is 29.7. The average Bonchev–Trinajstić information content (AvgIpc) is 2.80. The number of hydrogen-bond acceptors (Lipinski definition) is 5. The lowest BCUT2D eigenvalue weighted by Gasteiger charge is -2.56. The van der Waals surface area contributed by atoms with E-state index in [-0.39, 0.29) is 30.4 Å². The highest BCUT2D eigenvalue weighted by Gasteiger charge is 2.51. The first-order valence-corrected chi connectivity index (χ1v) is 13.3. The van der Waals surface area contributed by atoms with Crippen molar-refractivity contribution >= 4 is 17.8 Å². The molecule has 5 fully saturated rings. The van der Waals surface area contributed by atoms with E-state index in [4.69, 9.17) is 4.74 Å². The molecule has 4 saturated carbocycles. The molecule has 7 heteroatoms. The van der Waals surface area contributed by atoms with E-state index in [1.165, 1.54) is 49.7 Å². The number of carbonyl (C=O) groups excluding carboxylic acids is 3. The summed E-state index contributed by atoms with van der Waals surface area (Å²) < 4.78 is 5.18. The van der Waals surface area contributed by atoms with Crippen molar-refractivity contribution in [2.45, 2.75) is 58.4 Å². The summed E-state index contributed by atoms with van der Waals surface area (Å²) in [6, 6.07) is 8.49. The summed E-state index contributed by atoms with van der Waals surface area (Å²) in [5.41, 5.74) is 2.69. The predicted octanol–water partition coefficient (Wildman–Crippen LogP) is 2.91. The Balaban J connectivity index is 0.981. The molecular formula is C28H39N3O4. The molecule has 4 aliphatic carbocycles. The van der Waals surface area contributed by atoms with Crippen LogP contribution in [0.15, 0.2) is 24.3 Å². The first-order chi connectivity index (χ1) is 16.9. The largest absolute Gasteiger partial charge is 0.454 e. The number of carbonyl (C=O) groups is 3. The average molecular weight is 482 g/mol. The Labute approximate surface area is 208 Å². The molecule has 0 aromatic heterocycles. The maximum Gasteiger partial charge on any atom is 0.325 e. The van der Waals surface area contributed by atoms with Gasteiger partial charge in [0.15, 0.2) is 6.61 Å². The summed E-state index contributed by atoms with van der Waals surface area (Å²) in [5.74, 6) is 1.63. The lowest BCUT2D eigenvalue weighted by molar-refractivity contribution is -0.152. The molecule has 4 bridgehead atoms. The molecule has 0 radical (unpaired) electrons. The van der Waals surface area contributed by atoms with Crippen molar-refractivity contribution in [1.82, 2.24) is 15.1 Å². The van der Waals surface area contributed by atoms with Crippen LogP contribution in [0.1, 0.15) is 56.1 Å². The molecule has 6 rings (SSSR count). The molecule has 1 aromatic rings. The second kappa shape index (κ2) is 10.3. The van der Waals surface area contributed by atoms with E-state index in [0.29, 0.717) is 19.5 Å². The van der Waals surface area contributed by atoms with E-state index in [9.17, 15) is 14.4 Å². The van der Waals surface area contributed by atoms with Gasteiger partial charge >= 0.3 is 5.97 Å². The van der Waals surface area contributed by atoms with Crippen LogP contribution in [0.5, 0.6) is 0 Å². The third-order valence-electron chi connectivity index (χ3n) is 8.70. The third kappa shape index (κ3) is 6.05. The fourth-order valence-corrected chi connectivity index (χ4v) is 7.59. The van der Waals surface area contributed by atoms with Gasteiger partial charge in [0.25, 0.3) is 5.91 Å². The van der Waals surface area contributed by atoms with Gasteiger partial charge in [0.1, 0.15) is 6.54 Å². The Kier molecular flexibility index (Phi) is 7.14. The molecular weight excluding hydrogens is 442 g/mol. The maximum absolute atomic E-state index is 12.6. The molecule has 1 aliphatic heterocycles. The van der Waals surface area contributed by atoms with Crippen LogP contribution in [0.2, 0.25) is 0 Å². The van der Waals surface area contributed by atoms with Crippen LogP contribution in [0.4, 0.5) is 0 Å². The molecule has 1 saturated heterocycles. The van der Waals surface area contributed by atoms with Gasteiger partial charge in [-0.25, -0.2) is 0 Å². The van der Waals surface area contributed by atoms with Crippen LogP contribution in [-0.4, -0.2) is 66.9 Å². The number of benzene rings is 1. The van der Waals surface area contributed by atoms with Crippen LogP contribution in [0, 0.1) is 30.1 Å². The van der Waals surface area contributed by atoms with Gasteiger partial charge in [-0.2, -0.15) is 0 Å². The number of esters is 1. The summed E-state index contributed by atoms with van der Waals surface area (Å²) in [4.78, 5) is 41.4. The summed E-state index contributed by atoms with van der Waals surface area (Å²) in [5, 5.41) is 2.75. The van der Waals surface area contributed by atoms with Crippen LogP contribution >= 0.6 is 0 Å². The van der Waals surface area contributed by atoms with Crippen molar-refractivity contribution in [2.75, 3.05) is 39.3 Å². The number of nitrogens with zero attached hydrogens (tertiary/aromatic N) is 2. The zero-order valence-corrected chi connectivity index (χ0v) is 21.0. The Morgan fingerprint density at radius 3 is 2.29 bits per heavy atom. The molecule has 1 N–H and O–H groups in total. The summed E-state index contributed by atoms with van der Waals surface area (Å²) in [6.45, 7) is 5.40. The van der Waals surface area contributed by atoms with Crippen molar-refractivity contribution in [3.05, 3.63) is 35.4 Å². The molecule has 0 spiro atoms. The highest BCUT2D eigenvalue weighted by Crippen LogP contribution is 2.61. The molecule has 5 aliphatic rings. The number of hydrogen-bond donors (Lipinski definition) is 1. The van der Waals surface area contributed by atoms with Crippen molar-refractivity contribution < 1.29 is 19.1 Å². The van der Waals surface area contributed by atoms with Gasteiger partial charge < -0.3 is 15.0 Å². The topological polar surface area (TPSA) is 79.0 Å². The minimum Gasteiger partial charge on any atom is -0.454 e. The number of piperazine rings is 1. The smallest absolute Gasteiger partial charge is 0.325 e. The molecule has 190 valence electrons. The fourth-order valence-electron chi connectivity index (χ4n) is 7.59. The standard InChI is InChI=1S/C28H39N3O4/c1-20-3-2-4-21(9-20)18-30-5-7-31(8-6-30)26(33)19-35-27(34)17-29-25(32)16-28-13-22-10-23(14-28)12-24(11-22)15-28/h2-4,9,22-24H,5-8,10-19H2,1H3,(H,29,32). The minimum atomic E-state index is -0.546. The molecule has 1 heterocycles. The summed E-state index contributed by atoms with van der Waals surface area (Å²) >= 11 is 0. The minimum absolute atomic E-state index is 0.0556. The zero-order valence-electron chi connectivity index (χ0n) is 21.0. The predicted molar refractivity (Wildman–Crippen MR) is 132 cm³/mol. The van der Waals surface area contributed by atoms with Gasteiger partial charge in [-0.15, -0.1) is 0 Å². The Bertz CT molecular complexity index is 918. The molecule has 1 aromatic carbocycles. The molecule has 2 amide bonds. The second-order valence-corrected chi connectivity index (χ2v) is 11.7. The van der Waals surface area contributed by atoms with E-state index in [2.05, 4.69) is 41.4 Å². The van der Waals surface area contributed by atoms with Gasteiger partial charge in [0.05, 0.1) is 0 Å². The van der Waals surface area contributed by atoms with Crippen molar-refractivity contribution in [1.29, 1.82) is 0 Å². The lowest BCUT2D eigenvalue weighted by Crippen LogP contribution is -2.49. The maximum atomic E-state index is 12.6. The summed E-state index contributed by atoms with van der Waals surface area (Å²) in [7, 11) is 0. The lowest BCUT2D eigenvalue weighted by atomic mass is 9.49. The molecule has 7 nitrogen and oxygen atoms in total. The zero-order chi connectivity index (χ0) is 24.4. The molecule has 35 heavy (non-hydrogen) atoms. The number of aryl methyl sites for hydroxylation is 1. The summed E-state index contributed by atoms with van der Waals surface area (Å²) in [6.07, 6.45) is 8.08. The molecule has 0 unspecified atom stereocenters. The van der Waals surface area contributed by atoms with Gasteiger partial charge in [-0.1, -0.05) is 29.8 Å². The van der Waals surface area contributed by atoms with Crippen molar-refractivity contribution in [2.24, 2.45) is 23.2 Å². The second-order valence-electron chi connectivity index (χ2n) is 11.7. The Morgan fingerprint density at radius 2 is 1.66 bits per heavy atom. The van der Waals surface area contributed by atoms with E-state index in [0.717, 1.165) is 37.4 Å². The molecule has 0 atom stereocenters. The van der Waals surface area contributed by atoms with Crippen LogP contribution in [0.3, 0.4) is 0 Å². The quantitative estimate of drug-likeness (QED) is 0.578. The highest BCUT2D eigenvalue weighted by molar-refractivity contribution is 5.84. The highest BCUT2D eigenvalue weighted by atomic mass is 16.5. The van der Waals surface area contributed by atoms with Gasteiger partial charge in [-0.05, 0) is 74.2 Å². The first kappa shape index (κ1) is 24.3. The van der Waals surface area contributed by atoms with Crippen molar-refractivity contribution in [3.8, 4) is 0 Å². The van der Waals surface area contributed by atoms with E-state index < -0.39 is 5.97 Å². The Hall–Kier alpha value is -2.41. The van der Waals surface area contributed by atoms with Gasteiger partial charge in [0.2, 0.25) is 5.91 Å². The van der Waals surface area contributed by atoms with E-state index in [1.807, 2.05) is 0 Å². The first-order valence-electron chi connectivity index (χ1n) is 13.3. The van der Waals surface area contributed by atoms with Gasteiger partial charge in [-0.3, -0.25) is 19.3 Å². The monoisotopic (exact) mass is 481 g/mol. The number of rotatable bonds is 8. The van der Waals surface area contributed by atoms with Crippen LogP contribution < -0.4 is 5.32 Å². The SMILES string of the molecule is Cc1cccc(CN2CCN(C(=O)COC(=O)CNC(=O)CC34CC5CC(CC(C5)C3)C4)CC2)c1. The van der Waals surface area contributed by atoms with Gasteiger partial charge in [0, 0.05) is 39.1 Å². The number of nitrogens with one attached hydrogen (secondary N) is 1. The van der Waals surface area contributed by atoms with Crippen LogP contribution in [0.25, 0.3) is 0 Å². The Morgan fingerprint density at radius 1 is 1.00 bits per heavy atom. The number of ether oxygens (including phenoxy) is 1. The van der Waals surface area contributed by atoms with Crippen molar-refractivity contribution in [3.63, 3.8) is 0 Å². The third-order valence-corrected chi connectivity index (χ3v) is 8.70. The van der Waals surface area contributed by atoms with E-state index >= 15 is 0 Å². The number of amides is 2. The fraction of sp³-hybridized carbons (Fsp3) is 0.679.